The van der Waals surface area contributed by atoms with E-state index in [4.69, 9.17) is 0 Å². The number of fused-ring (bicyclic) bond motifs is 3. The second kappa shape index (κ2) is 5.99. The van der Waals surface area contributed by atoms with Crippen molar-refractivity contribution >= 4 is 70.1 Å². The Morgan fingerprint density at radius 1 is 0.286 bits per heavy atom. The van der Waals surface area contributed by atoms with E-state index >= 15 is 0 Å². The van der Waals surface area contributed by atoms with E-state index in [1.807, 2.05) is 0 Å². The number of hydrogen-bond acceptors (Lipinski definition) is 0. The Balaban J connectivity index is 3.39. The molecule has 0 radical (unpaired) electrons. The minimum Gasteiger partial charge on any atom is -0.0739 e. The van der Waals surface area contributed by atoms with Crippen LogP contribution in [0.1, 0.15) is 0 Å². The van der Waals surface area contributed by atoms with Crippen molar-refractivity contribution in [3.8, 4) is 0 Å². The highest BCUT2D eigenvalue weighted by Gasteiger charge is 2.96. The lowest BCUT2D eigenvalue weighted by molar-refractivity contribution is 1.72. The molecule has 3 aliphatic heterocycles. The highest BCUT2D eigenvalue weighted by atomic mass is 30.6. The van der Waals surface area contributed by atoms with Crippen LogP contribution in [0, 0.1) is 0 Å². The van der Waals surface area contributed by atoms with Gasteiger partial charge in [-0.3, -0.25) is 0 Å². The van der Waals surface area contributed by atoms with Crippen molar-refractivity contribution in [3.05, 3.63) is 0 Å². The van der Waals surface area contributed by atoms with Crippen LogP contribution >= 0.6 is 0 Å². The highest BCUT2D eigenvalue weighted by Crippen LogP contribution is 2.67. The van der Waals surface area contributed by atoms with Gasteiger partial charge >= 0.3 is 0 Å². The third kappa shape index (κ3) is 2.03. The second-order valence-corrected chi connectivity index (χ2v) is 146. The van der Waals surface area contributed by atoms with Crippen molar-refractivity contribution in [2.75, 3.05) is 0 Å². The van der Waals surface area contributed by atoms with Gasteiger partial charge in [-0.2, -0.15) is 0 Å². The van der Waals surface area contributed by atoms with Crippen LogP contribution in [0.4, 0.5) is 0 Å². The predicted molar refractivity (Wildman–Crippen MR) is 163 cm³/mol. The van der Waals surface area contributed by atoms with Crippen LogP contribution in [-0.2, 0) is 0 Å². The third-order valence-electron chi connectivity index (χ3n) is 12.6. The summed E-state index contributed by atoms with van der Waals surface area (Å²) in [6.45, 7) is 54.8. The van der Waals surface area contributed by atoms with Crippen molar-refractivity contribution in [2.45, 2.75) is 118 Å². The Bertz CT molecular complexity index is 556. The summed E-state index contributed by atoms with van der Waals surface area (Å²) in [6.07, 6.45) is -2.42. The molecule has 166 valence electrons. The van der Waals surface area contributed by atoms with E-state index in [1.54, 1.807) is 0 Å². The van der Waals surface area contributed by atoms with Crippen LogP contribution < -0.4 is 0 Å². The molecule has 3 rings (SSSR count). The topological polar surface area (TPSA) is 0 Å². The van der Waals surface area contributed by atoms with E-state index in [0.29, 0.717) is 0 Å². The van der Waals surface area contributed by atoms with Gasteiger partial charge in [-0.15, -0.1) is 0 Å². The zero-order valence-electron chi connectivity index (χ0n) is 23.0. The average molecular weight is 551 g/mol. The van der Waals surface area contributed by atoms with Crippen molar-refractivity contribution in [1.29, 1.82) is 0 Å². The summed E-state index contributed by atoms with van der Waals surface area (Å²) in [6, 6.07) is 0. The molecule has 3 saturated heterocycles. The number of rotatable bonds is 2. The summed E-state index contributed by atoms with van der Waals surface area (Å²) in [5, 5.41) is 0. The molecule has 3 heterocycles. The molecule has 0 aromatic heterocycles. The van der Waals surface area contributed by atoms with Crippen LogP contribution in [-0.4, -0.2) is 70.1 Å². The smallest absolute Gasteiger partial charge is 0.0306 e. The third-order valence-corrected chi connectivity index (χ3v) is 356. The van der Waals surface area contributed by atoms with E-state index in [0.717, 1.165) is 0 Å². The summed E-state index contributed by atoms with van der Waals surface area (Å²) in [4.78, 5) is 0. The lowest BCUT2D eigenvalue weighted by atomic mass is 11.8. The van der Waals surface area contributed by atoms with Crippen LogP contribution in [0.2, 0.25) is 118 Å². The van der Waals surface area contributed by atoms with E-state index < -0.39 is 70.1 Å². The molecule has 3 fully saturated rings. The molecule has 0 spiro atoms. The second-order valence-electron chi connectivity index (χ2n) is 15.8. The van der Waals surface area contributed by atoms with Gasteiger partial charge in [0, 0.05) is 70.1 Å². The van der Waals surface area contributed by atoms with Crippen LogP contribution in [0.15, 0.2) is 0 Å². The molecule has 0 aromatic rings. The first-order chi connectivity index (χ1) is 11.8. The zero-order chi connectivity index (χ0) is 23.0. The molecule has 0 amide bonds. The van der Waals surface area contributed by atoms with Gasteiger partial charge in [0.25, 0.3) is 0 Å². The minimum absolute atomic E-state index is 1.17. The summed E-state index contributed by atoms with van der Waals surface area (Å²) in [5.74, 6) is 0. The van der Waals surface area contributed by atoms with Gasteiger partial charge in [-0.25, -0.2) is 0 Å². The van der Waals surface area contributed by atoms with Gasteiger partial charge in [0.05, 0.1) is 0 Å². The molecule has 3 aliphatic rings. The standard InChI is InChI=1S/C18H54Si10/c1-19(2,3)27-21(7,8)24(13,14)28(20(4,5)6,25(15,16)22(27,9)10)26(17,18)23(27,11)12/h1-18H3. The molecule has 0 atom stereocenters. The van der Waals surface area contributed by atoms with Gasteiger partial charge in [0.1, 0.15) is 0 Å². The monoisotopic (exact) mass is 550 g/mol. The number of hydrogen-bond donors (Lipinski definition) is 0. The van der Waals surface area contributed by atoms with Gasteiger partial charge in [-0.05, 0) is 0 Å². The van der Waals surface area contributed by atoms with Crippen LogP contribution in [0.25, 0.3) is 0 Å². The van der Waals surface area contributed by atoms with Gasteiger partial charge in [0.2, 0.25) is 0 Å². The molecule has 0 aliphatic carbocycles. The molecule has 0 saturated carbocycles. The molecule has 0 aromatic carbocycles. The van der Waals surface area contributed by atoms with E-state index in [-0.39, 0.29) is 0 Å². The van der Waals surface area contributed by atoms with E-state index in [2.05, 4.69) is 118 Å². The summed E-state index contributed by atoms with van der Waals surface area (Å²) >= 11 is 0. The normalized spacial score (nSPS) is 39.6. The summed E-state index contributed by atoms with van der Waals surface area (Å²) in [5.41, 5.74) is 0. The summed E-state index contributed by atoms with van der Waals surface area (Å²) in [7, 11) is -9.45. The minimum atomic E-state index is -1.21. The van der Waals surface area contributed by atoms with Crippen molar-refractivity contribution < 1.29 is 0 Å². The first-order valence-corrected chi connectivity index (χ1v) is 51.8. The molecule has 2 bridgehead atoms. The Morgan fingerprint density at radius 2 is 0.393 bits per heavy atom. The maximum absolute atomic E-state index is 3.10. The zero-order valence-corrected chi connectivity index (χ0v) is 33.0. The fraction of sp³-hybridized carbons (Fsp3) is 1.00. The van der Waals surface area contributed by atoms with Crippen LogP contribution in [0.5, 0.6) is 0 Å². The first-order valence-electron chi connectivity index (χ1n) is 11.8. The molecule has 0 N–H and O–H groups in total. The molecular formula is C18H54Si10. The SMILES string of the molecule is C[Si](C)(C)[Si]12[Si](C)(C)[Si](C)(C)[Si]([Si](C)(C)C)([Si](C)(C)[Si]1(C)C)[Si](C)(C)[Si]2(C)C. The lowest BCUT2D eigenvalue weighted by Crippen LogP contribution is -3.23. The lowest BCUT2D eigenvalue weighted by Gasteiger charge is -2.92. The maximum atomic E-state index is 3.10. The Labute approximate surface area is 186 Å². The Morgan fingerprint density at radius 3 is 0.464 bits per heavy atom. The highest BCUT2D eigenvalue weighted by molar-refractivity contribution is 8.46. The average Bonchev–Trinajstić information content (AvgIpc) is 2.30. The fourth-order valence-corrected chi connectivity index (χ4v) is 780. The molecule has 10 heteroatoms. The Kier molecular flexibility index (Phi) is 5.65. The van der Waals surface area contributed by atoms with Crippen molar-refractivity contribution in [1.82, 2.24) is 0 Å². The molecule has 0 unspecified atom stereocenters. The van der Waals surface area contributed by atoms with Crippen molar-refractivity contribution in [3.63, 3.8) is 0 Å². The van der Waals surface area contributed by atoms with Gasteiger partial charge in [0.15, 0.2) is 0 Å². The molecule has 0 nitrogen and oxygen atoms in total. The fourth-order valence-electron chi connectivity index (χ4n) is 13.1. The van der Waals surface area contributed by atoms with E-state index in [1.165, 1.54) is 0 Å². The van der Waals surface area contributed by atoms with Gasteiger partial charge in [-0.1, -0.05) is 118 Å². The quantitative estimate of drug-likeness (QED) is 0.335. The Hall–Kier alpha value is 2.17. The van der Waals surface area contributed by atoms with Crippen LogP contribution in [0.3, 0.4) is 0 Å². The van der Waals surface area contributed by atoms with E-state index in [9.17, 15) is 0 Å². The van der Waals surface area contributed by atoms with Gasteiger partial charge < -0.3 is 0 Å². The summed E-state index contributed by atoms with van der Waals surface area (Å²) < 4.78 is 0. The first kappa shape index (κ1) is 26.4. The molecular weight excluding hydrogens is 497 g/mol. The molecule has 28 heavy (non-hydrogen) atoms. The van der Waals surface area contributed by atoms with Crippen molar-refractivity contribution in [2.24, 2.45) is 0 Å². The largest absolute Gasteiger partial charge is 0.0739 e. The maximum Gasteiger partial charge on any atom is 0.0306 e. The predicted octanol–water partition coefficient (Wildman–Crippen LogP) is 6.70.